The van der Waals surface area contributed by atoms with Gasteiger partial charge >= 0.3 is 6.18 Å². The SMILES string of the molecule is Cc1cc(-c2ccc(C(C)(C)C(F)(F)F)cc2)cc(C)c1C. The quantitative estimate of drug-likeness (QED) is 0.627. The second-order valence-electron chi connectivity index (χ2n) is 6.44. The molecule has 0 spiro atoms. The number of rotatable bonds is 2. The monoisotopic (exact) mass is 306 g/mol. The van der Waals surface area contributed by atoms with Crippen LogP contribution in [-0.2, 0) is 5.41 Å². The molecule has 0 unspecified atom stereocenters. The van der Waals surface area contributed by atoms with E-state index in [9.17, 15) is 13.2 Å². The second-order valence-corrected chi connectivity index (χ2v) is 6.44. The van der Waals surface area contributed by atoms with Crippen molar-refractivity contribution in [2.75, 3.05) is 0 Å². The van der Waals surface area contributed by atoms with Crippen LogP contribution in [0, 0.1) is 20.8 Å². The number of halogens is 3. The number of benzene rings is 2. The molecule has 0 saturated heterocycles. The molecule has 2 rings (SSSR count). The van der Waals surface area contributed by atoms with E-state index in [1.165, 1.54) is 30.5 Å². The number of hydrogen-bond donors (Lipinski definition) is 0. The van der Waals surface area contributed by atoms with Gasteiger partial charge in [-0.2, -0.15) is 13.2 Å². The lowest BCUT2D eigenvalue weighted by molar-refractivity contribution is -0.180. The Hall–Kier alpha value is -1.77. The summed E-state index contributed by atoms with van der Waals surface area (Å²) in [6.45, 7) is 8.59. The molecule has 0 saturated carbocycles. The van der Waals surface area contributed by atoms with Gasteiger partial charge in [0.25, 0.3) is 0 Å². The molecule has 0 nitrogen and oxygen atoms in total. The highest BCUT2D eigenvalue weighted by atomic mass is 19.4. The maximum Gasteiger partial charge on any atom is 0.397 e. The summed E-state index contributed by atoms with van der Waals surface area (Å²) in [5, 5.41) is 0. The standard InChI is InChI=1S/C19H21F3/c1-12-10-16(11-13(2)14(12)3)15-6-8-17(9-7-15)18(4,5)19(20,21)22/h6-11H,1-5H3. The fourth-order valence-corrected chi connectivity index (χ4v) is 2.45. The van der Waals surface area contributed by atoms with E-state index in [2.05, 4.69) is 19.1 Å². The molecular formula is C19H21F3. The Kier molecular flexibility index (Phi) is 4.12. The second kappa shape index (κ2) is 5.45. The van der Waals surface area contributed by atoms with E-state index >= 15 is 0 Å². The summed E-state index contributed by atoms with van der Waals surface area (Å²) in [5.41, 5.74) is 4.04. The number of aryl methyl sites for hydroxylation is 2. The third-order valence-electron chi connectivity index (χ3n) is 4.58. The van der Waals surface area contributed by atoms with E-state index in [4.69, 9.17) is 0 Å². The van der Waals surface area contributed by atoms with Crippen LogP contribution in [0.5, 0.6) is 0 Å². The lowest BCUT2D eigenvalue weighted by Crippen LogP contribution is -2.36. The van der Waals surface area contributed by atoms with Gasteiger partial charge in [0.15, 0.2) is 0 Å². The zero-order valence-electron chi connectivity index (χ0n) is 13.6. The van der Waals surface area contributed by atoms with Crippen molar-refractivity contribution in [3.63, 3.8) is 0 Å². The Morgan fingerprint density at radius 1 is 0.727 bits per heavy atom. The minimum atomic E-state index is -4.26. The molecule has 0 aliphatic carbocycles. The molecule has 3 heteroatoms. The number of alkyl halides is 3. The van der Waals surface area contributed by atoms with Gasteiger partial charge in [-0.3, -0.25) is 0 Å². The van der Waals surface area contributed by atoms with Crippen LogP contribution in [0.1, 0.15) is 36.1 Å². The van der Waals surface area contributed by atoms with Crippen molar-refractivity contribution in [2.24, 2.45) is 0 Å². The zero-order valence-corrected chi connectivity index (χ0v) is 13.6. The van der Waals surface area contributed by atoms with Crippen LogP contribution in [0.2, 0.25) is 0 Å². The van der Waals surface area contributed by atoms with Crippen molar-refractivity contribution in [1.82, 2.24) is 0 Å². The highest BCUT2D eigenvalue weighted by molar-refractivity contribution is 5.66. The molecule has 118 valence electrons. The Bertz CT molecular complexity index is 654. The summed E-state index contributed by atoms with van der Waals surface area (Å²) in [4.78, 5) is 0. The summed E-state index contributed by atoms with van der Waals surface area (Å²) >= 11 is 0. The van der Waals surface area contributed by atoms with E-state index in [0.717, 1.165) is 11.1 Å². The van der Waals surface area contributed by atoms with E-state index in [1.807, 2.05) is 13.8 Å². The Balaban J connectivity index is 2.42. The van der Waals surface area contributed by atoms with Crippen molar-refractivity contribution >= 4 is 0 Å². The first-order valence-electron chi connectivity index (χ1n) is 7.29. The molecular weight excluding hydrogens is 285 g/mol. The molecule has 0 aromatic heterocycles. The van der Waals surface area contributed by atoms with Crippen LogP contribution in [0.15, 0.2) is 36.4 Å². The fraction of sp³-hybridized carbons (Fsp3) is 0.368. The lowest BCUT2D eigenvalue weighted by atomic mass is 9.83. The molecule has 22 heavy (non-hydrogen) atoms. The fourth-order valence-electron chi connectivity index (χ4n) is 2.45. The van der Waals surface area contributed by atoms with Crippen LogP contribution in [0.3, 0.4) is 0 Å². The average Bonchev–Trinajstić information content (AvgIpc) is 2.43. The maximum absolute atomic E-state index is 13.1. The largest absolute Gasteiger partial charge is 0.397 e. The molecule has 0 bridgehead atoms. The van der Waals surface area contributed by atoms with Gasteiger partial charge in [0, 0.05) is 0 Å². The molecule has 2 aromatic rings. The van der Waals surface area contributed by atoms with Gasteiger partial charge in [-0.25, -0.2) is 0 Å². The van der Waals surface area contributed by atoms with Gasteiger partial charge < -0.3 is 0 Å². The summed E-state index contributed by atoms with van der Waals surface area (Å²) in [6.07, 6.45) is -4.26. The third kappa shape index (κ3) is 2.90. The first-order chi connectivity index (χ1) is 10.0. The first kappa shape index (κ1) is 16.6. The summed E-state index contributed by atoms with van der Waals surface area (Å²) in [6, 6.07) is 10.8. The van der Waals surface area contributed by atoms with Crippen LogP contribution in [-0.4, -0.2) is 6.18 Å². The van der Waals surface area contributed by atoms with Crippen molar-refractivity contribution in [2.45, 2.75) is 46.2 Å². The van der Waals surface area contributed by atoms with Crippen molar-refractivity contribution < 1.29 is 13.2 Å². The molecule has 0 amide bonds. The zero-order chi connectivity index (χ0) is 16.7. The molecule has 2 aromatic carbocycles. The molecule has 0 fully saturated rings. The summed E-state index contributed by atoms with van der Waals surface area (Å²) < 4.78 is 39.3. The predicted octanol–water partition coefficient (Wildman–Crippen LogP) is 6.12. The smallest absolute Gasteiger partial charge is 0.170 e. The van der Waals surface area contributed by atoms with Gasteiger partial charge in [0.1, 0.15) is 0 Å². The Labute approximate surface area is 130 Å². The van der Waals surface area contributed by atoms with E-state index < -0.39 is 11.6 Å². The lowest BCUT2D eigenvalue weighted by Gasteiger charge is -2.28. The molecule has 0 atom stereocenters. The van der Waals surface area contributed by atoms with Gasteiger partial charge in [-0.1, -0.05) is 36.4 Å². The average molecular weight is 306 g/mol. The van der Waals surface area contributed by atoms with Gasteiger partial charge in [-0.05, 0) is 68.0 Å². The molecule has 0 aliphatic heterocycles. The van der Waals surface area contributed by atoms with Gasteiger partial charge in [0.2, 0.25) is 0 Å². The minimum Gasteiger partial charge on any atom is -0.170 e. The van der Waals surface area contributed by atoms with Crippen LogP contribution in [0.25, 0.3) is 11.1 Å². The minimum absolute atomic E-state index is 0.282. The Morgan fingerprint density at radius 2 is 1.18 bits per heavy atom. The molecule has 0 aliphatic rings. The van der Waals surface area contributed by atoms with Gasteiger partial charge in [-0.15, -0.1) is 0 Å². The maximum atomic E-state index is 13.1. The predicted molar refractivity (Wildman–Crippen MR) is 85.2 cm³/mol. The van der Waals surface area contributed by atoms with Crippen LogP contribution in [0.4, 0.5) is 13.2 Å². The third-order valence-corrected chi connectivity index (χ3v) is 4.58. The Morgan fingerprint density at radius 3 is 1.59 bits per heavy atom. The molecule has 0 heterocycles. The van der Waals surface area contributed by atoms with Gasteiger partial charge in [0.05, 0.1) is 5.41 Å². The normalized spacial score (nSPS) is 12.5. The van der Waals surface area contributed by atoms with E-state index in [-0.39, 0.29) is 5.56 Å². The van der Waals surface area contributed by atoms with Crippen LogP contribution >= 0.6 is 0 Å². The number of hydrogen-bond acceptors (Lipinski definition) is 0. The van der Waals surface area contributed by atoms with E-state index in [0.29, 0.717) is 0 Å². The molecule has 0 N–H and O–H groups in total. The first-order valence-corrected chi connectivity index (χ1v) is 7.29. The van der Waals surface area contributed by atoms with Crippen LogP contribution < -0.4 is 0 Å². The summed E-state index contributed by atoms with van der Waals surface area (Å²) in [7, 11) is 0. The topological polar surface area (TPSA) is 0 Å². The highest BCUT2D eigenvalue weighted by Crippen LogP contribution is 2.40. The highest BCUT2D eigenvalue weighted by Gasteiger charge is 2.48. The van der Waals surface area contributed by atoms with Crippen molar-refractivity contribution in [1.29, 1.82) is 0 Å². The van der Waals surface area contributed by atoms with Crippen molar-refractivity contribution in [3.05, 3.63) is 58.7 Å². The summed E-state index contributed by atoms with van der Waals surface area (Å²) in [5.74, 6) is 0. The van der Waals surface area contributed by atoms with E-state index in [1.54, 1.807) is 24.3 Å². The molecule has 0 radical (unpaired) electrons. The van der Waals surface area contributed by atoms with Crippen molar-refractivity contribution in [3.8, 4) is 11.1 Å².